The summed E-state index contributed by atoms with van der Waals surface area (Å²) in [5, 5.41) is 2.42. The van der Waals surface area contributed by atoms with Crippen LogP contribution in [0, 0.1) is 17.6 Å². The summed E-state index contributed by atoms with van der Waals surface area (Å²) >= 11 is 0. The number of rotatable bonds is 6. The zero-order chi connectivity index (χ0) is 21.0. The summed E-state index contributed by atoms with van der Waals surface area (Å²) in [5.41, 5.74) is -0.136. The Bertz CT molecular complexity index is 980. The summed E-state index contributed by atoms with van der Waals surface area (Å²) < 4.78 is 59.2. The Labute approximate surface area is 168 Å². The second kappa shape index (κ2) is 8.87. The van der Waals surface area contributed by atoms with Gasteiger partial charge in [0.1, 0.15) is 17.4 Å². The summed E-state index contributed by atoms with van der Waals surface area (Å²) in [4.78, 5) is 12.6. The summed E-state index contributed by atoms with van der Waals surface area (Å²) in [6, 6.07) is 8.97. The zero-order valence-corrected chi connectivity index (χ0v) is 16.7. The van der Waals surface area contributed by atoms with Crippen LogP contribution < -0.4 is 10.1 Å². The van der Waals surface area contributed by atoms with Gasteiger partial charge >= 0.3 is 0 Å². The molecule has 156 valence electrons. The minimum atomic E-state index is -3.77. The molecule has 2 aromatic rings. The van der Waals surface area contributed by atoms with Crippen LogP contribution in [0.25, 0.3) is 0 Å². The van der Waals surface area contributed by atoms with E-state index in [0.29, 0.717) is 37.8 Å². The second-order valence-electron chi connectivity index (χ2n) is 6.72. The number of sulfonamides is 1. The molecule has 1 aliphatic heterocycles. The lowest BCUT2D eigenvalue weighted by Crippen LogP contribution is -2.43. The Morgan fingerprint density at radius 1 is 1.21 bits per heavy atom. The van der Waals surface area contributed by atoms with E-state index >= 15 is 0 Å². The fourth-order valence-electron chi connectivity index (χ4n) is 3.22. The van der Waals surface area contributed by atoms with Gasteiger partial charge in [0.25, 0.3) is 0 Å². The molecule has 1 atom stereocenters. The van der Waals surface area contributed by atoms with Crippen molar-refractivity contribution in [3.63, 3.8) is 0 Å². The van der Waals surface area contributed by atoms with Crippen LogP contribution in [-0.2, 0) is 14.8 Å². The number of piperidine rings is 1. The minimum Gasteiger partial charge on any atom is -0.494 e. The number of carbonyl (C=O) groups is 1. The van der Waals surface area contributed by atoms with Gasteiger partial charge in [0.15, 0.2) is 0 Å². The molecule has 1 N–H and O–H groups in total. The van der Waals surface area contributed by atoms with Gasteiger partial charge in [0.2, 0.25) is 15.9 Å². The molecule has 1 fully saturated rings. The van der Waals surface area contributed by atoms with E-state index in [1.165, 1.54) is 16.4 Å². The van der Waals surface area contributed by atoms with Gasteiger partial charge in [-0.25, -0.2) is 17.2 Å². The molecule has 0 unspecified atom stereocenters. The first-order valence-electron chi connectivity index (χ1n) is 9.30. The lowest BCUT2D eigenvalue weighted by molar-refractivity contribution is -0.120. The van der Waals surface area contributed by atoms with E-state index in [9.17, 15) is 22.0 Å². The fourth-order valence-corrected chi connectivity index (χ4v) is 4.75. The Morgan fingerprint density at radius 3 is 2.59 bits per heavy atom. The molecule has 6 nitrogen and oxygen atoms in total. The fraction of sp³-hybridized carbons (Fsp3) is 0.350. The van der Waals surface area contributed by atoms with Crippen molar-refractivity contribution < 1.29 is 26.7 Å². The third-order valence-electron chi connectivity index (χ3n) is 4.72. The predicted octanol–water partition coefficient (Wildman–Crippen LogP) is 3.40. The molecule has 0 radical (unpaired) electrons. The number of ether oxygens (including phenoxy) is 1. The van der Waals surface area contributed by atoms with E-state index < -0.39 is 33.5 Å². The maximum atomic E-state index is 13.8. The first-order valence-corrected chi connectivity index (χ1v) is 10.7. The SMILES string of the molecule is CCOc1ccc(S(=O)(=O)N2CCC[C@@H](C(=O)Nc3ccc(F)cc3F)C2)cc1. The molecule has 0 aromatic heterocycles. The smallest absolute Gasteiger partial charge is 0.243 e. The molecule has 0 saturated carbocycles. The summed E-state index contributed by atoms with van der Waals surface area (Å²) in [6.07, 6.45) is 0.976. The number of carbonyl (C=O) groups excluding carboxylic acids is 1. The van der Waals surface area contributed by atoms with Gasteiger partial charge in [0.05, 0.1) is 23.1 Å². The van der Waals surface area contributed by atoms with Crippen LogP contribution >= 0.6 is 0 Å². The van der Waals surface area contributed by atoms with Crippen molar-refractivity contribution in [3.8, 4) is 5.75 Å². The van der Waals surface area contributed by atoms with Crippen molar-refractivity contribution in [1.82, 2.24) is 4.31 Å². The maximum absolute atomic E-state index is 13.8. The summed E-state index contributed by atoms with van der Waals surface area (Å²) in [6.45, 7) is 2.60. The Hall–Kier alpha value is -2.52. The molecule has 0 spiro atoms. The number of anilines is 1. The Morgan fingerprint density at radius 2 is 1.93 bits per heavy atom. The lowest BCUT2D eigenvalue weighted by atomic mass is 9.98. The van der Waals surface area contributed by atoms with Gasteiger partial charge in [0, 0.05) is 19.2 Å². The van der Waals surface area contributed by atoms with E-state index in [2.05, 4.69) is 5.32 Å². The number of hydrogen-bond donors (Lipinski definition) is 1. The third-order valence-corrected chi connectivity index (χ3v) is 6.60. The molecular formula is C20H22F2N2O4S. The van der Waals surface area contributed by atoms with Gasteiger partial charge in [-0.1, -0.05) is 0 Å². The number of nitrogens with zero attached hydrogens (tertiary/aromatic N) is 1. The molecule has 0 bridgehead atoms. The molecule has 1 saturated heterocycles. The van der Waals surface area contributed by atoms with Gasteiger partial charge in [-0.15, -0.1) is 0 Å². The van der Waals surface area contributed by atoms with E-state index in [1.807, 2.05) is 6.92 Å². The molecule has 29 heavy (non-hydrogen) atoms. The van der Waals surface area contributed by atoms with Crippen molar-refractivity contribution >= 4 is 21.6 Å². The largest absolute Gasteiger partial charge is 0.494 e. The van der Waals surface area contributed by atoms with Crippen LogP contribution in [0.1, 0.15) is 19.8 Å². The highest BCUT2D eigenvalue weighted by atomic mass is 32.2. The van der Waals surface area contributed by atoms with E-state index in [-0.39, 0.29) is 17.1 Å². The summed E-state index contributed by atoms with van der Waals surface area (Å²) in [7, 11) is -3.77. The lowest BCUT2D eigenvalue weighted by Gasteiger charge is -2.31. The van der Waals surface area contributed by atoms with Crippen LogP contribution in [-0.4, -0.2) is 38.3 Å². The number of amides is 1. The molecule has 1 amide bonds. The number of halogens is 2. The first kappa shape index (κ1) is 21.2. The molecule has 9 heteroatoms. The minimum absolute atomic E-state index is 0.00973. The highest BCUT2D eigenvalue weighted by Crippen LogP contribution is 2.26. The molecule has 1 aliphatic rings. The van der Waals surface area contributed by atoms with Crippen LogP contribution in [0.15, 0.2) is 47.4 Å². The van der Waals surface area contributed by atoms with Gasteiger partial charge < -0.3 is 10.1 Å². The van der Waals surface area contributed by atoms with Crippen molar-refractivity contribution in [2.75, 3.05) is 25.0 Å². The van der Waals surface area contributed by atoms with Crippen molar-refractivity contribution in [2.24, 2.45) is 5.92 Å². The zero-order valence-electron chi connectivity index (χ0n) is 15.9. The monoisotopic (exact) mass is 424 g/mol. The molecule has 0 aliphatic carbocycles. The second-order valence-corrected chi connectivity index (χ2v) is 8.66. The van der Waals surface area contributed by atoms with Gasteiger partial charge in [-0.2, -0.15) is 4.31 Å². The predicted molar refractivity (Wildman–Crippen MR) is 104 cm³/mol. The highest BCUT2D eigenvalue weighted by molar-refractivity contribution is 7.89. The average molecular weight is 424 g/mol. The van der Waals surface area contributed by atoms with Crippen LogP contribution in [0.3, 0.4) is 0 Å². The number of hydrogen-bond acceptors (Lipinski definition) is 4. The molecule has 2 aromatic carbocycles. The van der Waals surface area contributed by atoms with Crippen molar-refractivity contribution in [1.29, 1.82) is 0 Å². The number of nitrogens with one attached hydrogen (secondary N) is 1. The van der Waals surface area contributed by atoms with Crippen molar-refractivity contribution in [2.45, 2.75) is 24.7 Å². The van der Waals surface area contributed by atoms with Crippen LogP contribution in [0.2, 0.25) is 0 Å². The average Bonchev–Trinajstić information content (AvgIpc) is 2.71. The van der Waals surface area contributed by atoms with E-state index in [1.54, 1.807) is 12.1 Å². The van der Waals surface area contributed by atoms with E-state index in [4.69, 9.17) is 4.74 Å². The van der Waals surface area contributed by atoms with Gasteiger partial charge in [-0.3, -0.25) is 4.79 Å². The third kappa shape index (κ3) is 4.91. The standard InChI is InChI=1S/C20H22F2N2O4S/c1-2-28-16-6-8-17(9-7-16)29(26,27)24-11-3-4-14(13-24)20(25)23-19-10-5-15(21)12-18(19)22/h5-10,12,14H,2-4,11,13H2,1H3,(H,23,25)/t14-/m1/s1. The van der Waals surface area contributed by atoms with Crippen molar-refractivity contribution in [3.05, 3.63) is 54.1 Å². The normalized spacial score (nSPS) is 17.7. The molecular weight excluding hydrogens is 402 g/mol. The summed E-state index contributed by atoms with van der Waals surface area (Å²) in [5.74, 6) is -2.18. The molecule has 3 rings (SSSR count). The van der Waals surface area contributed by atoms with Crippen LogP contribution in [0.4, 0.5) is 14.5 Å². The van der Waals surface area contributed by atoms with Crippen LogP contribution in [0.5, 0.6) is 5.75 Å². The Balaban J connectivity index is 1.71. The highest BCUT2D eigenvalue weighted by Gasteiger charge is 2.33. The first-order chi connectivity index (χ1) is 13.8. The number of benzene rings is 2. The molecule has 1 heterocycles. The quantitative estimate of drug-likeness (QED) is 0.771. The van der Waals surface area contributed by atoms with Gasteiger partial charge in [-0.05, 0) is 56.2 Å². The van der Waals surface area contributed by atoms with E-state index in [0.717, 1.165) is 12.1 Å². The Kier molecular flexibility index (Phi) is 6.49. The maximum Gasteiger partial charge on any atom is 0.243 e. The topological polar surface area (TPSA) is 75.7 Å².